The molecule has 1 N–H and O–H groups in total. The van der Waals surface area contributed by atoms with Gasteiger partial charge in [-0.1, -0.05) is 55.5 Å². The van der Waals surface area contributed by atoms with Crippen molar-refractivity contribution < 1.29 is 9.53 Å². The molecule has 1 atom stereocenters. The van der Waals surface area contributed by atoms with Crippen molar-refractivity contribution in [3.8, 4) is 5.75 Å². The molecule has 1 heterocycles. The van der Waals surface area contributed by atoms with Gasteiger partial charge in [-0.2, -0.15) is 5.10 Å². The fourth-order valence-electron chi connectivity index (χ4n) is 2.87. The summed E-state index contributed by atoms with van der Waals surface area (Å²) in [5.41, 5.74) is 2.26. The molecule has 27 heavy (non-hydrogen) atoms. The lowest BCUT2D eigenvalue weighted by molar-refractivity contribution is -0.118. The first-order chi connectivity index (χ1) is 13.2. The quantitative estimate of drug-likeness (QED) is 0.643. The predicted octanol–water partition coefficient (Wildman–Crippen LogP) is 4.46. The number of nitrogens with zero attached hydrogens (tertiary/aromatic N) is 2. The highest BCUT2D eigenvalue weighted by Gasteiger charge is 2.12. The van der Waals surface area contributed by atoms with Gasteiger partial charge in [-0.15, -0.1) is 0 Å². The van der Waals surface area contributed by atoms with E-state index in [0.29, 0.717) is 5.82 Å². The first kappa shape index (κ1) is 18.7. The summed E-state index contributed by atoms with van der Waals surface area (Å²) in [7, 11) is 0. The van der Waals surface area contributed by atoms with E-state index in [2.05, 4.69) is 36.4 Å². The molecule has 5 heteroatoms. The van der Waals surface area contributed by atoms with Crippen molar-refractivity contribution >= 4 is 11.7 Å². The maximum atomic E-state index is 12.3. The Balaban J connectivity index is 1.62. The second-order valence-corrected chi connectivity index (χ2v) is 6.53. The minimum atomic E-state index is -0.199. The molecular weight excluding hydrogens is 338 g/mol. The number of carbonyl (C=O) groups is 1. The van der Waals surface area contributed by atoms with Gasteiger partial charge in [-0.05, 0) is 30.5 Å². The molecule has 2 aromatic carbocycles. The second kappa shape index (κ2) is 9.03. The number of ether oxygens (including phenoxy) is 1. The molecule has 0 fully saturated rings. The third-order valence-electron chi connectivity index (χ3n) is 4.51. The van der Waals surface area contributed by atoms with Crippen LogP contribution in [0.4, 0.5) is 5.82 Å². The minimum Gasteiger partial charge on any atom is -0.483 e. The highest BCUT2D eigenvalue weighted by Crippen LogP contribution is 2.22. The Morgan fingerprint density at radius 3 is 2.63 bits per heavy atom. The van der Waals surface area contributed by atoms with Gasteiger partial charge < -0.3 is 10.1 Å². The molecule has 3 rings (SSSR count). The SMILES string of the molecule is CC[C@@H](C)n1nccc1NC(=O)COc1ccccc1Cc1ccccc1. The number of anilines is 1. The summed E-state index contributed by atoms with van der Waals surface area (Å²) in [5, 5.41) is 7.16. The number of amides is 1. The zero-order valence-corrected chi connectivity index (χ0v) is 15.8. The van der Waals surface area contributed by atoms with Crippen molar-refractivity contribution in [3.05, 3.63) is 78.0 Å². The van der Waals surface area contributed by atoms with Gasteiger partial charge in [0.15, 0.2) is 6.61 Å². The van der Waals surface area contributed by atoms with Crippen molar-refractivity contribution in [2.24, 2.45) is 0 Å². The van der Waals surface area contributed by atoms with Crippen LogP contribution in [0, 0.1) is 0 Å². The van der Waals surface area contributed by atoms with Crippen molar-refractivity contribution in [2.75, 3.05) is 11.9 Å². The molecule has 3 aromatic rings. The zero-order valence-electron chi connectivity index (χ0n) is 15.8. The van der Waals surface area contributed by atoms with Crippen LogP contribution in [0.1, 0.15) is 37.4 Å². The van der Waals surface area contributed by atoms with Crippen molar-refractivity contribution in [1.82, 2.24) is 9.78 Å². The topological polar surface area (TPSA) is 56.2 Å². The van der Waals surface area contributed by atoms with Gasteiger partial charge in [0, 0.05) is 12.5 Å². The van der Waals surface area contributed by atoms with Gasteiger partial charge in [0.05, 0.1) is 12.2 Å². The Morgan fingerprint density at radius 1 is 1.11 bits per heavy atom. The van der Waals surface area contributed by atoms with Crippen molar-refractivity contribution in [2.45, 2.75) is 32.7 Å². The summed E-state index contributed by atoms with van der Waals surface area (Å²) < 4.78 is 7.63. The predicted molar refractivity (Wildman–Crippen MR) is 107 cm³/mol. The second-order valence-electron chi connectivity index (χ2n) is 6.53. The van der Waals surface area contributed by atoms with E-state index in [1.165, 1.54) is 5.56 Å². The Labute approximate surface area is 160 Å². The fraction of sp³-hybridized carbons (Fsp3) is 0.273. The van der Waals surface area contributed by atoms with E-state index in [0.717, 1.165) is 24.2 Å². The van der Waals surface area contributed by atoms with Crippen LogP contribution >= 0.6 is 0 Å². The van der Waals surface area contributed by atoms with Crippen LogP contribution in [-0.4, -0.2) is 22.3 Å². The molecule has 0 saturated carbocycles. The van der Waals surface area contributed by atoms with Crippen molar-refractivity contribution in [3.63, 3.8) is 0 Å². The van der Waals surface area contributed by atoms with E-state index in [-0.39, 0.29) is 18.6 Å². The summed E-state index contributed by atoms with van der Waals surface area (Å²) >= 11 is 0. The zero-order chi connectivity index (χ0) is 19.1. The third kappa shape index (κ3) is 4.97. The minimum absolute atomic E-state index is 0.0442. The van der Waals surface area contributed by atoms with Crippen LogP contribution in [0.5, 0.6) is 5.75 Å². The molecule has 0 saturated heterocycles. The van der Waals surface area contributed by atoms with Crippen LogP contribution in [0.25, 0.3) is 0 Å². The molecule has 5 nitrogen and oxygen atoms in total. The van der Waals surface area contributed by atoms with Crippen LogP contribution in [0.3, 0.4) is 0 Å². The third-order valence-corrected chi connectivity index (χ3v) is 4.51. The molecule has 0 radical (unpaired) electrons. The van der Waals surface area contributed by atoms with Gasteiger partial charge in [0.25, 0.3) is 5.91 Å². The molecule has 1 amide bonds. The number of rotatable bonds is 8. The molecule has 0 aliphatic carbocycles. The van der Waals surface area contributed by atoms with Crippen LogP contribution in [0.2, 0.25) is 0 Å². The summed E-state index contributed by atoms with van der Waals surface area (Å²) in [6.45, 7) is 4.11. The maximum absolute atomic E-state index is 12.3. The van der Waals surface area contributed by atoms with E-state index in [1.54, 1.807) is 12.3 Å². The van der Waals surface area contributed by atoms with E-state index in [1.807, 2.05) is 47.1 Å². The van der Waals surface area contributed by atoms with E-state index >= 15 is 0 Å². The molecule has 1 aromatic heterocycles. The standard InChI is InChI=1S/C22H25N3O2/c1-3-17(2)25-21(13-14-23-25)24-22(26)16-27-20-12-8-7-11-19(20)15-18-9-5-4-6-10-18/h4-14,17H,3,15-16H2,1-2H3,(H,24,26)/t17-/m1/s1. The molecule has 0 spiro atoms. The average Bonchev–Trinajstić information content (AvgIpc) is 3.15. The molecular formula is C22H25N3O2. The molecule has 0 unspecified atom stereocenters. The monoisotopic (exact) mass is 363 g/mol. The van der Waals surface area contributed by atoms with Gasteiger partial charge in [0.2, 0.25) is 0 Å². The lowest BCUT2D eigenvalue weighted by Gasteiger charge is -2.15. The number of nitrogens with one attached hydrogen (secondary N) is 1. The first-order valence-electron chi connectivity index (χ1n) is 9.25. The molecule has 0 aliphatic rings. The number of hydrogen-bond donors (Lipinski definition) is 1. The summed E-state index contributed by atoms with van der Waals surface area (Å²) in [4.78, 5) is 12.3. The summed E-state index contributed by atoms with van der Waals surface area (Å²) in [6.07, 6.45) is 3.39. The number of aromatic nitrogens is 2. The highest BCUT2D eigenvalue weighted by molar-refractivity contribution is 5.91. The van der Waals surface area contributed by atoms with E-state index in [4.69, 9.17) is 4.74 Å². The number of carbonyl (C=O) groups excluding carboxylic acids is 1. The van der Waals surface area contributed by atoms with Gasteiger partial charge in [-0.3, -0.25) is 4.79 Å². The normalized spacial score (nSPS) is 11.8. The van der Waals surface area contributed by atoms with Crippen molar-refractivity contribution in [1.29, 1.82) is 0 Å². The van der Waals surface area contributed by atoms with Crippen LogP contribution in [-0.2, 0) is 11.2 Å². The maximum Gasteiger partial charge on any atom is 0.263 e. The molecule has 0 aliphatic heterocycles. The first-order valence-corrected chi connectivity index (χ1v) is 9.25. The lowest BCUT2D eigenvalue weighted by Crippen LogP contribution is -2.23. The smallest absolute Gasteiger partial charge is 0.263 e. The van der Waals surface area contributed by atoms with E-state index in [9.17, 15) is 4.79 Å². The van der Waals surface area contributed by atoms with Gasteiger partial charge in [-0.25, -0.2) is 4.68 Å². The number of hydrogen-bond acceptors (Lipinski definition) is 3. The summed E-state index contributed by atoms with van der Waals surface area (Å²) in [5.74, 6) is 1.22. The van der Waals surface area contributed by atoms with Crippen LogP contribution in [0.15, 0.2) is 66.9 Å². The Hall–Kier alpha value is -3.08. The highest BCUT2D eigenvalue weighted by atomic mass is 16.5. The Kier molecular flexibility index (Phi) is 6.26. The number of benzene rings is 2. The Bertz CT molecular complexity index is 874. The summed E-state index contributed by atoms with van der Waals surface area (Å²) in [6, 6.07) is 20.1. The number of para-hydroxylation sites is 1. The lowest BCUT2D eigenvalue weighted by atomic mass is 10.0. The van der Waals surface area contributed by atoms with E-state index < -0.39 is 0 Å². The fourth-order valence-corrected chi connectivity index (χ4v) is 2.87. The molecule has 140 valence electrons. The van der Waals surface area contributed by atoms with Crippen LogP contribution < -0.4 is 10.1 Å². The Morgan fingerprint density at radius 2 is 1.85 bits per heavy atom. The van der Waals surface area contributed by atoms with Gasteiger partial charge >= 0.3 is 0 Å². The van der Waals surface area contributed by atoms with Gasteiger partial charge in [0.1, 0.15) is 11.6 Å². The largest absolute Gasteiger partial charge is 0.483 e. The average molecular weight is 363 g/mol. The molecule has 0 bridgehead atoms.